The van der Waals surface area contributed by atoms with E-state index in [1.807, 2.05) is 52.0 Å². The second-order valence-electron chi connectivity index (χ2n) is 6.54. The molecule has 0 aliphatic rings. The minimum absolute atomic E-state index is 0.128. The zero-order valence-electron chi connectivity index (χ0n) is 17.5. The Morgan fingerprint density at radius 3 is 2.21 bits per heavy atom. The molecular formula is C23H29NO5. The van der Waals surface area contributed by atoms with E-state index in [-0.39, 0.29) is 18.6 Å². The molecule has 2 aromatic carbocycles. The average Bonchev–Trinajstić information content (AvgIpc) is 2.72. The van der Waals surface area contributed by atoms with Crippen LogP contribution >= 0.6 is 0 Å². The number of ether oxygens (including phenoxy) is 3. The van der Waals surface area contributed by atoms with Crippen LogP contribution in [-0.2, 0) is 9.53 Å². The van der Waals surface area contributed by atoms with Crippen LogP contribution in [-0.4, -0.2) is 31.7 Å². The van der Waals surface area contributed by atoms with Crippen LogP contribution in [0, 0.1) is 6.92 Å². The second-order valence-corrected chi connectivity index (χ2v) is 6.54. The first kappa shape index (κ1) is 22.3. The van der Waals surface area contributed by atoms with Crippen LogP contribution in [0.25, 0.3) is 0 Å². The Kier molecular flexibility index (Phi) is 8.52. The summed E-state index contributed by atoms with van der Waals surface area (Å²) >= 11 is 0. The van der Waals surface area contributed by atoms with Gasteiger partial charge in [-0.15, -0.1) is 0 Å². The van der Waals surface area contributed by atoms with Gasteiger partial charge < -0.3 is 19.5 Å². The highest BCUT2D eigenvalue weighted by molar-refractivity contribution is 5.92. The van der Waals surface area contributed by atoms with Crippen molar-refractivity contribution in [2.45, 2.75) is 40.2 Å². The quantitative estimate of drug-likeness (QED) is 0.606. The van der Waals surface area contributed by atoms with E-state index in [2.05, 4.69) is 5.32 Å². The van der Waals surface area contributed by atoms with Crippen molar-refractivity contribution in [3.05, 3.63) is 59.2 Å². The van der Waals surface area contributed by atoms with E-state index < -0.39 is 5.97 Å². The molecule has 0 saturated heterocycles. The minimum Gasteiger partial charge on any atom is -0.490 e. The van der Waals surface area contributed by atoms with Gasteiger partial charge in [0.15, 0.2) is 18.1 Å². The van der Waals surface area contributed by atoms with Crippen molar-refractivity contribution in [1.82, 2.24) is 5.32 Å². The van der Waals surface area contributed by atoms with Gasteiger partial charge in [-0.3, -0.25) is 4.79 Å². The molecule has 6 nitrogen and oxygen atoms in total. The Balaban J connectivity index is 1.96. The van der Waals surface area contributed by atoms with Gasteiger partial charge in [-0.05, 0) is 51.0 Å². The molecule has 29 heavy (non-hydrogen) atoms. The highest BCUT2D eigenvalue weighted by Crippen LogP contribution is 2.28. The largest absolute Gasteiger partial charge is 0.490 e. The summed E-state index contributed by atoms with van der Waals surface area (Å²) in [5.41, 5.74) is 2.48. The third-order valence-electron chi connectivity index (χ3n) is 4.34. The minimum atomic E-state index is -0.590. The van der Waals surface area contributed by atoms with E-state index in [1.165, 1.54) is 0 Å². The first-order valence-corrected chi connectivity index (χ1v) is 9.91. The maximum Gasteiger partial charge on any atom is 0.338 e. The van der Waals surface area contributed by atoms with Crippen molar-refractivity contribution in [3.63, 3.8) is 0 Å². The van der Waals surface area contributed by atoms with Gasteiger partial charge in [0, 0.05) is 0 Å². The number of nitrogens with one attached hydrogen (secondary N) is 1. The molecule has 0 bridgehead atoms. The van der Waals surface area contributed by atoms with Crippen molar-refractivity contribution >= 4 is 11.9 Å². The summed E-state index contributed by atoms with van der Waals surface area (Å²) < 4.78 is 16.2. The Morgan fingerprint density at radius 1 is 0.931 bits per heavy atom. The summed E-state index contributed by atoms with van der Waals surface area (Å²) in [5.74, 6) is 0.0977. The molecule has 1 N–H and O–H groups in total. The highest BCUT2D eigenvalue weighted by Gasteiger charge is 2.16. The van der Waals surface area contributed by atoms with Crippen LogP contribution in [0.2, 0.25) is 0 Å². The van der Waals surface area contributed by atoms with E-state index in [0.29, 0.717) is 30.3 Å². The first-order valence-electron chi connectivity index (χ1n) is 9.91. The molecule has 2 rings (SSSR count). The smallest absolute Gasteiger partial charge is 0.338 e. The van der Waals surface area contributed by atoms with Crippen molar-refractivity contribution in [2.24, 2.45) is 0 Å². The number of rotatable bonds is 10. The number of aryl methyl sites for hydroxylation is 1. The van der Waals surface area contributed by atoms with Gasteiger partial charge in [0.25, 0.3) is 5.91 Å². The van der Waals surface area contributed by atoms with Gasteiger partial charge in [0.2, 0.25) is 0 Å². The van der Waals surface area contributed by atoms with Gasteiger partial charge in [-0.2, -0.15) is 0 Å². The van der Waals surface area contributed by atoms with Crippen molar-refractivity contribution < 1.29 is 23.8 Å². The summed E-state index contributed by atoms with van der Waals surface area (Å²) in [4.78, 5) is 24.6. The van der Waals surface area contributed by atoms with Gasteiger partial charge in [0.1, 0.15) is 0 Å². The van der Waals surface area contributed by atoms with E-state index in [9.17, 15) is 9.59 Å². The Bertz CT molecular complexity index is 817. The fourth-order valence-electron chi connectivity index (χ4n) is 2.85. The lowest BCUT2D eigenvalue weighted by molar-refractivity contribution is -0.125. The molecule has 1 atom stereocenters. The number of hydrogen-bond acceptors (Lipinski definition) is 5. The molecule has 156 valence electrons. The summed E-state index contributed by atoms with van der Waals surface area (Å²) in [6.07, 6.45) is 0.735. The van der Waals surface area contributed by atoms with Crippen LogP contribution in [0.5, 0.6) is 11.5 Å². The summed E-state index contributed by atoms with van der Waals surface area (Å²) in [6, 6.07) is 12.7. The number of carbonyl (C=O) groups is 2. The molecule has 0 aliphatic carbocycles. The van der Waals surface area contributed by atoms with Gasteiger partial charge in [-0.25, -0.2) is 4.79 Å². The Hall–Kier alpha value is -3.02. The third-order valence-corrected chi connectivity index (χ3v) is 4.34. The maximum atomic E-state index is 12.3. The number of hydrogen-bond donors (Lipinski definition) is 1. The van der Waals surface area contributed by atoms with Crippen molar-refractivity contribution in [2.75, 3.05) is 19.8 Å². The average molecular weight is 399 g/mol. The zero-order chi connectivity index (χ0) is 21.2. The van der Waals surface area contributed by atoms with Crippen LogP contribution < -0.4 is 14.8 Å². The lowest BCUT2D eigenvalue weighted by atomic mass is 10.0. The van der Waals surface area contributed by atoms with E-state index in [4.69, 9.17) is 14.2 Å². The van der Waals surface area contributed by atoms with Gasteiger partial charge in [-0.1, -0.05) is 36.8 Å². The molecule has 1 amide bonds. The highest BCUT2D eigenvalue weighted by atomic mass is 16.5. The van der Waals surface area contributed by atoms with Crippen LogP contribution in [0.15, 0.2) is 42.5 Å². The molecule has 0 fully saturated rings. The lowest BCUT2D eigenvalue weighted by Gasteiger charge is -2.18. The van der Waals surface area contributed by atoms with E-state index in [1.54, 1.807) is 18.2 Å². The predicted octanol–water partition coefficient (Wildman–Crippen LogP) is 4.22. The van der Waals surface area contributed by atoms with Crippen molar-refractivity contribution in [3.8, 4) is 11.5 Å². The topological polar surface area (TPSA) is 73.9 Å². The van der Waals surface area contributed by atoms with Crippen LogP contribution in [0.1, 0.15) is 54.7 Å². The molecule has 0 saturated carbocycles. The summed E-state index contributed by atoms with van der Waals surface area (Å²) in [7, 11) is 0. The number of benzene rings is 2. The van der Waals surface area contributed by atoms with Gasteiger partial charge >= 0.3 is 5.97 Å². The lowest BCUT2D eigenvalue weighted by Crippen LogP contribution is -2.32. The normalized spacial score (nSPS) is 11.4. The molecule has 2 aromatic rings. The second kappa shape index (κ2) is 11.1. The van der Waals surface area contributed by atoms with Crippen molar-refractivity contribution in [1.29, 1.82) is 0 Å². The molecule has 0 radical (unpaired) electrons. The Labute approximate surface area is 172 Å². The third kappa shape index (κ3) is 6.52. The monoisotopic (exact) mass is 399 g/mol. The Morgan fingerprint density at radius 2 is 1.59 bits per heavy atom. The molecular weight excluding hydrogens is 370 g/mol. The van der Waals surface area contributed by atoms with E-state index in [0.717, 1.165) is 17.5 Å². The molecule has 0 unspecified atom stereocenters. The van der Waals surface area contributed by atoms with E-state index >= 15 is 0 Å². The zero-order valence-corrected chi connectivity index (χ0v) is 17.5. The van der Waals surface area contributed by atoms with Gasteiger partial charge in [0.05, 0.1) is 24.8 Å². The fraction of sp³-hybridized carbons (Fsp3) is 0.391. The molecule has 0 heterocycles. The molecule has 6 heteroatoms. The standard InChI is InChI=1S/C23H29NO5/c1-5-19(17-10-8-16(4)9-11-17)24-22(25)15-29-23(26)18-12-13-20(27-6-2)21(14-18)28-7-3/h8-14,19H,5-7,15H2,1-4H3,(H,24,25)/t19-/m0/s1. The number of esters is 1. The predicted molar refractivity (Wildman–Crippen MR) is 111 cm³/mol. The molecule has 0 spiro atoms. The fourth-order valence-corrected chi connectivity index (χ4v) is 2.85. The summed E-state index contributed by atoms with van der Waals surface area (Å²) in [6.45, 7) is 8.31. The van der Waals surface area contributed by atoms with Crippen LogP contribution in [0.4, 0.5) is 0 Å². The molecule has 0 aliphatic heterocycles. The number of carbonyl (C=O) groups excluding carboxylic acids is 2. The maximum absolute atomic E-state index is 12.3. The first-order chi connectivity index (χ1) is 14.0. The number of amides is 1. The SMILES string of the molecule is CCOc1ccc(C(=O)OCC(=O)N[C@@H](CC)c2ccc(C)cc2)cc1OCC. The molecule has 0 aromatic heterocycles. The summed E-state index contributed by atoms with van der Waals surface area (Å²) in [5, 5.41) is 2.91. The van der Waals surface area contributed by atoms with Crippen LogP contribution in [0.3, 0.4) is 0 Å².